The van der Waals surface area contributed by atoms with Gasteiger partial charge >= 0.3 is 5.97 Å². The predicted molar refractivity (Wildman–Crippen MR) is 102 cm³/mol. The fourth-order valence-corrected chi connectivity index (χ4v) is 2.71. The number of carbonyl (C=O) groups excluding carboxylic acids is 1. The Labute approximate surface area is 163 Å². The zero-order valence-corrected chi connectivity index (χ0v) is 16.0. The normalized spacial score (nSPS) is 10.4. The predicted octanol–water partition coefficient (Wildman–Crippen LogP) is 3.28. The number of ether oxygens (including phenoxy) is 2. The number of amides is 1. The van der Waals surface area contributed by atoms with Crippen LogP contribution in [0.25, 0.3) is 0 Å². The molecule has 0 unspecified atom stereocenters. The van der Waals surface area contributed by atoms with E-state index in [2.05, 4.69) is 0 Å². The Morgan fingerprint density at radius 1 is 1.14 bits per heavy atom. The average Bonchev–Trinajstić information content (AvgIpc) is 2.70. The third-order valence-corrected chi connectivity index (χ3v) is 4.28. The number of carboxylic acids is 1. The zero-order chi connectivity index (χ0) is 20.5. The topological polar surface area (TPSA) is 76.1 Å². The Bertz CT molecular complexity index is 824. The Balaban J connectivity index is 1.98. The first-order chi connectivity index (χ1) is 13.4. The maximum absolute atomic E-state index is 13.8. The molecule has 0 saturated carbocycles. The molecule has 0 saturated heterocycles. The molecule has 28 heavy (non-hydrogen) atoms. The highest BCUT2D eigenvalue weighted by molar-refractivity contribution is 5.77. The van der Waals surface area contributed by atoms with E-state index < -0.39 is 5.97 Å². The standard InChI is InChI=1S/C21H24FNO5/c1-3-23(13-16-6-4-5-7-18(16)22)20(24)14-28-17-10-8-15(9-11-21(25)26)19(12-17)27-2/h4-8,10,12H,3,9,11,13-14H2,1-2H3,(H,25,26). The SMILES string of the molecule is CCN(Cc1ccccc1F)C(=O)COc1ccc(CCC(=O)O)c(OC)c1. The van der Waals surface area contributed by atoms with Crippen molar-refractivity contribution in [3.05, 3.63) is 59.4 Å². The maximum Gasteiger partial charge on any atom is 0.303 e. The number of likely N-dealkylation sites (N-methyl/N-ethyl adjacent to an activating group) is 1. The van der Waals surface area contributed by atoms with Crippen molar-refractivity contribution in [3.8, 4) is 11.5 Å². The van der Waals surface area contributed by atoms with Crippen molar-refractivity contribution in [1.82, 2.24) is 4.90 Å². The van der Waals surface area contributed by atoms with Gasteiger partial charge in [0.25, 0.3) is 5.91 Å². The van der Waals surface area contributed by atoms with Gasteiger partial charge in [-0.2, -0.15) is 0 Å². The molecule has 0 aliphatic carbocycles. The molecule has 0 atom stereocenters. The first-order valence-corrected chi connectivity index (χ1v) is 8.97. The number of rotatable bonds is 10. The Hall–Kier alpha value is -3.09. The van der Waals surface area contributed by atoms with E-state index in [1.54, 1.807) is 36.4 Å². The van der Waals surface area contributed by atoms with E-state index in [1.807, 2.05) is 6.92 Å². The fraction of sp³-hybridized carbons (Fsp3) is 0.333. The van der Waals surface area contributed by atoms with Crippen LogP contribution >= 0.6 is 0 Å². The zero-order valence-electron chi connectivity index (χ0n) is 16.0. The van der Waals surface area contributed by atoms with Crippen LogP contribution in [0.2, 0.25) is 0 Å². The number of hydrogen-bond donors (Lipinski definition) is 1. The molecule has 0 aromatic heterocycles. The third kappa shape index (κ3) is 5.97. The minimum Gasteiger partial charge on any atom is -0.496 e. The van der Waals surface area contributed by atoms with Crippen LogP contribution in [0.15, 0.2) is 42.5 Å². The van der Waals surface area contributed by atoms with Crippen molar-refractivity contribution in [1.29, 1.82) is 0 Å². The molecule has 0 spiro atoms. The molecule has 2 rings (SSSR count). The second-order valence-electron chi connectivity index (χ2n) is 6.16. The highest BCUT2D eigenvalue weighted by Gasteiger charge is 2.15. The van der Waals surface area contributed by atoms with Gasteiger partial charge in [0.2, 0.25) is 0 Å². The second kappa shape index (κ2) is 10.3. The molecule has 150 valence electrons. The van der Waals surface area contributed by atoms with Crippen LogP contribution < -0.4 is 9.47 Å². The van der Waals surface area contributed by atoms with Gasteiger partial charge < -0.3 is 19.5 Å². The van der Waals surface area contributed by atoms with Crippen molar-refractivity contribution in [2.75, 3.05) is 20.3 Å². The minimum absolute atomic E-state index is 0.00342. The van der Waals surface area contributed by atoms with Crippen LogP contribution in [-0.2, 0) is 22.6 Å². The summed E-state index contributed by atoms with van der Waals surface area (Å²) in [6.07, 6.45) is 0.334. The lowest BCUT2D eigenvalue weighted by molar-refractivity contribution is -0.137. The van der Waals surface area contributed by atoms with E-state index in [0.29, 0.717) is 30.0 Å². The summed E-state index contributed by atoms with van der Waals surface area (Å²) in [5, 5.41) is 8.81. The molecular weight excluding hydrogens is 365 g/mol. The summed E-state index contributed by atoms with van der Waals surface area (Å²) in [4.78, 5) is 24.7. The molecule has 0 bridgehead atoms. The van der Waals surface area contributed by atoms with Crippen LogP contribution in [0.1, 0.15) is 24.5 Å². The van der Waals surface area contributed by atoms with Gasteiger partial charge in [-0.3, -0.25) is 9.59 Å². The molecule has 0 heterocycles. The quantitative estimate of drug-likeness (QED) is 0.675. The maximum atomic E-state index is 13.8. The van der Waals surface area contributed by atoms with Gasteiger partial charge in [0, 0.05) is 31.1 Å². The number of carboxylic acid groups (broad SMARTS) is 1. The molecule has 0 aliphatic rings. The van der Waals surface area contributed by atoms with E-state index in [-0.39, 0.29) is 31.3 Å². The lowest BCUT2D eigenvalue weighted by atomic mass is 10.1. The molecule has 2 aromatic rings. The summed E-state index contributed by atoms with van der Waals surface area (Å²) >= 11 is 0. The Morgan fingerprint density at radius 2 is 1.89 bits per heavy atom. The van der Waals surface area contributed by atoms with Crippen LogP contribution in [0, 0.1) is 5.82 Å². The van der Waals surface area contributed by atoms with E-state index in [0.717, 1.165) is 5.56 Å². The number of carbonyl (C=O) groups is 2. The summed E-state index contributed by atoms with van der Waals surface area (Å²) in [5.74, 6) is -0.561. The first-order valence-electron chi connectivity index (χ1n) is 8.97. The fourth-order valence-electron chi connectivity index (χ4n) is 2.71. The number of nitrogens with zero attached hydrogens (tertiary/aromatic N) is 1. The highest BCUT2D eigenvalue weighted by atomic mass is 19.1. The van der Waals surface area contributed by atoms with Gasteiger partial charge in [0.1, 0.15) is 17.3 Å². The number of halogens is 1. The third-order valence-electron chi connectivity index (χ3n) is 4.28. The van der Waals surface area contributed by atoms with E-state index >= 15 is 0 Å². The average molecular weight is 389 g/mol. The molecule has 2 aromatic carbocycles. The molecule has 0 radical (unpaired) electrons. The Morgan fingerprint density at radius 3 is 2.54 bits per heavy atom. The summed E-state index contributed by atoms with van der Waals surface area (Å²) in [5.41, 5.74) is 1.19. The van der Waals surface area contributed by atoms with E-state index in [9.17, 15) is 14.0 Å². The molecular formula is C21H24FNO5. The molecule has 1 N–H and O–H groups in total. The lowest BCUT2D eigenvalue weighted by Gasteiger charge is -2.21. The molecule has 0 fully saturated rings. The van der Waals surface area contributed by atoms with Gasteiger partial charge in [0.05, 0.1) is 7.11 Å². The summed E-state index contributed by atoms with van der Waals surface area (Å²) in [6.45, 7) is 2.22. The van der Waals surface area contributed by atoms with Crippen LogP contribution in [0.4, 0.5) is 4.39 Å². The smallest absolute Gasteiger partial charge is 0.303 e. The second-order valence-corrected chi connectivity index (χ2v) is 6.16. The van der Waals surface area contributed by atoms with Gasteiger partial charge in [-0.05, 0) is 31.0 Å². The molecule has 0 aliphatic heterocycles. The number of aliphatic carboxylic acids is 1. The Kier molecular flexibility index (Phi) is 7.80. The minimum atomic E-state index is -0.887. The van der Waals surface area contributed by atoms with Crippen LogP contribution in [0.3, 0.4) is 0 Å². The first kappa shape index (κ1) is 21.2. The van der Waals surface area contributed by atoms with Crippen molar-refractivity contribution in [2.45, 2.75) is 26.3 Å². The van der Waals surface area contributed by atoms with Crippen molar-refractivity contribution in [2.24, 2.45) is 0 Å². The number of aryl methyl sites for hydroxylation is 1. The highest BCUT2D eigenvalue weighted by Crippen LogP contribution is 2.26. The molecule has 6 nitrogen and oxygen atoms in total. The number of methoxy groups -OCH3 is 1. The summed E-state index contributed by atoms with van der Waals surface area (Å²) in [6, 6.07) is 11.4. The van der Waals surface area contributed by atoms with Gasteiger partial charge in [-0.1, -0.05) is 24.3 Å². The summed E-state index contributed by atoms with van der Waals surface area (Å²) < 4.78 is 24.7. The van der Waals surface area contributed by atoms with Crippen molar-refractivity contribution >= 4 is 11.9 Å². The van der Waals surface area contributed by atoms with Crippen molar-refractivity contribution in [3.63, 3.8) is 0 Å². The van der Waals surface area contributed by atoms with Crippen molar-refractivity contribution < 1.29 is 28.6 Å². The van der Waals surface area contributed by atoms with Gasteiger partial charge in [-0.25, -0.2) is 4.39 Å². The largest absolute Gasteiger partial charge is 0.496 e. The lowest BCUT2D eigenvalue weighted by Crippen LogP contribution is -2.34. The number of hydrogen-bond acceptors (Lipinski definition) is 4. The van der Waals surface area contributed by atoms with Crippen LogP contribution in [-0.4, -0.2) is 42.1 Å². The monoisotopic (exact) mass is 389 g/mol. The van der Waals surface area contributed by atoms with Gasteiger partial charge in [0.15, 0.2) is 6.61 Å². The molecule has 7 heteroatoms. The summed E-state index contributed by atoms with van der Waals surface area (Å²) in [7, 11) is 1.49. The van der Waals surface area contributed by atoms with Crippen LogP contribution in [0.5, 0.6) is 11.5 Å². The van der Waals surface area contributed by atoms with Gasteiger partial charge in [-0.15, -0.1) is 0 Å². The molecule has 1 amide bonds. The van der Waals surface area contributed by atoms with E-state index in [1.165, 1.54) is 18.1 Å². The number of benzene rings is 2. The van der Waals surface area contributed by atoms with E-state index in [4.69, 9.17) is 14.6 Å².